The van der Waals surface area contributed by atoms with E-state index in [0.29, 0.717) is 10.8 Å². The number of sulfone groups is 1. The maximum atomic E-state index is 12.5. The standard InChI is InChI=1S/C22H25N5O3S2/c1-16-5-9-18(10-6-16)27-21(26-13-3-4-14-26)24-25-22(27)31-15-20(28)23-17-7-11-19(12-8-17)32(2,29)30/h5-12H,3-4,13-15H2,1-2H3,(H,23,28). The largest absolute Gasteiger partial charge is 0.341 e. The third kappa shape index (κ3) is 5.13. The SMILES string of the molecule is Cc1ccc(-n2c(SCC(=O)Nc3ccc(S(C)(=O)=O)cc3)nnc2N2CCCC2)cc1. The number of rotatable bonds is 7. The number of hydrogen-bond donors (Lipinski definition) is 1. The number of carbonyl (C=O) groups is 1. The maximum Gasteiger partial charge on any atom is 0.234 e. The van der Waals surface area contributed by atoms with Gasteiger partial charge in [0.15, 0.2) is 15.0 Å². The fourth-order valence-corrected chi connectivity index (χ4v) is 4.89. The normalized spacial score (nSPS) is 14.0. The van der Waals surface area contributed by atoms with Crippen molar-refractivity contribution < 1.29 is 13.2 Å². The monoisotopic (exact) mass is 471 g/mol. The molecular formula is C22H25N5O3S2. The third-order valence-corrected chi connectivity index (χ3v) is 7.25. The van der Waals surface area contributed by atoms with Gasteiger partial charge in [0.25, 0.3) is 0 Å². The van der Waals surface area contributed by atoms with Crippen molar-refractivity contribution in [2.45, 2.75) is 29.8 Å². The van der Waals surface area contributed by atoms with E-state index in [0.717, 1.165) is 43.8 Å². The Hall–Kier alpha value is -2.85. The summed E-state index contributed by atoms with van der Waals surface area (Å²) < 4.78 is 25.2. The Labute approximate surface area is 192 Å². The summed E-state index contributed by atoms with van der Waals surface area (Å²) in [6, 6.07) is 14.3. The Morgan fingerprint density at radius 2 is 1.69 bits per heavy atom. The van der Waals surface area contributed by atoms with Gasteiger partial charge >= 0.3 is 0 Å². The van der Waals surface area contributed by atoms with Gasteiger partial charge in [-0.3, -0.25) is 9.36 Å². The Balaban J connectivity index is 1.49. The van der Waals surface area contributed by atoms with Crippen LogP contribution >= 0.6 is 11.8 Å². The van der Waals surface area contributed by atoms with Gasteiger partial charge in [0.1, 0.15) is 0 Å². The minimum absolute atomic E-state index is 0.151. The minimum Gasteiger partial charge on any atom is -0.341 e. The number of amides is 1. The second kappa shape index (κ2) is 9.33. The van der Waals surface area contributed by atoms with E-state index in [2.05, 4.69) is 20.4 Å². The molecular weight excluding hydrogens is 446 g/mol. The van der Waals surface area contributed by atoms with Crippen LogP contribution in [0.25, 0.3) is 5.69 Å². The molecule has 0 saturated carbocycles. The van der Waals surface area contributed by atoms with Crippen molar-refractivity contribution >= 4 is 39.1 Å². The highest BCUT2D eigenvalue weighted by molar-refractivity contribution is 7.99. The van der Waals surface area contributed by atoms with E-state index < -0.39 is 9.84 Å². The fraction of sp³-hybridized carbons (Fsp3) is 0.318. The van der Waals surface area contributed by atoms with E-state index in [1.807, 2.05) is 35.8 Å². The first kappa shape index (κ1) is 22.3. The summed E-state index contributed by atoms with van der Waals surface area (Å²) in [5.41, 5.74) is 2.67. The maximum absolute atomic E-state index is 12.5. The van der Waals surface area contributed by atoms with Gasteiger partial charge in [0.05, 0.1) is 16.3 Å². The summed E-state index contributed by atoms with van der Waals surface area (Å²) >= 11 is 1.32. The van der Waals surface area contributed by atoms with Crippen molar-refractivity contribution in [2.75, 3.05) is 35.3 Å². The lowest BCUT2D eigenvalue weighted by Gasteiger charge is -2.18. The highest BCUT2D eigenvalue weighted by Gasteiger charge is 2.23. The molecule has 8 nitrogen and oxygen atoms in total. The van der Waals surface area contributed by atoms with Crippen molar-refractivity contribution in [3.63, 3.8) is 0 Å². The molecule has 1 aliphatic heterocycles. The summed E-state index contributed by atoms with van der Waals surface area (Å²) in [6.45, 7) is 3.93. The molecule has 1 saturated heterocycles. The molecule has 2 heterocycles. The minimum atomic E-state index is -3.27. The van der Waals surface area contributed by atoms with Crippen LogP contribution in [0, 0.1) is 6.92 Å². The number of aryl methyl sites for hydroxylation is 1. The summed E-state index contributed by atoms with van der Waals surface area (Å²) in [4.78, 5) is 14.9. The van der Waals surface area contributed by atoms with Gasteiger partial charge in [-0.2, -0.15) is 0 Å². The molecule has 0 unspecified atom stereocenters. The van der Waals surface area contributed by atoms with E-state index in [4.69, 9.17) is 0 Å². The second-order valence-corrected chi connectivity index (χ2v) is 10.7. The predicted octanol–water partition coefficient (Wildman–Crippen LogP) is 3.31. The van der Waals surface area contributed by atoms with Gasteiger partial charge < -0.3 is 10.2 Å². The highest BCUT2D eigenvalue weighted by Crippen LogP contribution is 2.29. The van der Waals surface area contributed by atoms with E-state index in [9.17, 15) is 13.2 Å². The number of hydrogen-bond acceptors (Lipinski definition) is 7. The van der Waals surface area contributed by atoms with E-state index in [1.165, 1.54) is 29.5 Å². The zero-order chi connectivity index (χ0) is 22.7. The average Bonchev–Trinajstić information content (AvgIpc) is 3.42. The van der Waals surface area contributed by atoms with Crippen molar-refractivity contribution in [3.05, 3.63) is 54.1 Å². The zero-order valence-electron chi connectivity index (χ0n) is 18.0. The summed E-state index contributed by atoms with van der Waals surface area (Å²) in [5, 5.41) is 12.2. The lowest BCUT2D eigenvalue weighted by Crippen LogP contribution is -2.22. The van der Waals surface area contributed by atoms with Crippen LogP contribution in [-0.4, -0.2) is 54.2 Å². The zero-order valence-corrected chi connectivity index (χ0v) is 19.6. The Kier molecular flexibility index (Phi) is 6.52. The van der Waals surface area contributed by atoms with Gasteiger partial charge in [-0.05, 0) is 56.2 Å². The molecule has 32 heavy (non-hydrogen) atoms. The number of thioether (sulfide) groups is 1. The van der Waals surface area contributed by atoms with E-state index in [-0.39, 0.29) is 16.6 Å². The van der Waals surface area contributed by atoms with Crippen LogP contribution in [-0.2, 0) is 14.6 Å². The van der Waals surface area contributed by atoms with Gasteiger partial charge in [-0.15, -0.1) is 10.2 Å². The quantitative estimate of drug-likeness (QED) is 0.528. The number of aromatic nitrogens is 3. The molecule has 3 aromatic rings. The first-order valence-electron chi connectivity index (χ1n) is 10.3. The molecule has 0 aliphatic carbocycles. The molecule has 1 aromatic heterocycles. The summed E-state index contributed by atoms with van der Waals surface area (Å²) in [6.07, 6.45) is 3.41. The van der Waals surface area contributed by atoms with Crippen LogP contribution in [0.3, 0.4) is 0 Å². The van der Waals surface area contributed by atoms with Crippen LogP contribution in [0.5, 0.6) is 0 Å². The molecule has 10 heteroatoms. The molecule has 1 amide bonds. The third-order valence-electron chi connectivity index (χ3n) is 5.20. The van der Waals surface area contributed by atoms with Crippen LogP contribution in [0.15, 0.2) is 58.6 Å². The van der Waals surface area contributed by atoms with Crippen LogP contribution in [0.2, 0.25) is 0 Å². The van der Waals surface area contributed by atoms with Gasteiger partial charge in [0.2, 0.25) is 11.9 Å². The van der Waals surface area contributed by atoms with Crippen molar-refractivity contribution in [1.82, 2.24) is 14.8 Å². The van der Waals surface area contributed by atoms with Crippen molar-refractivity contribution in [2.24, 2.45) is 0 Å². The smallest absolute Gasteiger partial charge is 0.234 e. The van der Waals surface area contributed by atoms with E-state index in [1.54, 1.807) is 12.1 Å². The number of benzene rings is 2. The number of anilines is 2. The first-order valence-corrected chi connectivity index (χ1v) is 13.2. The Bertz CT molecular complexity index is 1200. The molecule has 168 valence electrons. The van der Waals surface area contributed by atoms with Crippen LogP contribution < -0.4 is 10.2 Å². The summed E-state index contributed by atoms with van der Waals surface area (Å²) in [5.74, 6) is 0.742. The van der Waals surface area contributed by atoms with Crippen LogP contribution in [0.4, 0.5) is 11.6 Å². The number of nitrogens with one attached hydrogen (secondary N) is 1. The summed E-state index contributed by atoms with van der Waals surface area (Å²) in [7, 11) is -3.27. The first-order chi connectivity index (χ1) is 15.3. The molecule has 2 aromatic carbocycles. The Morgan fingerprint density at radius 3 is 2.31 bits per heavy atom. The lowest BCUT2D eigenvalue weighted by atomic mass is 10.2. The molecule has 0 spiro atoms. The molecule has 0 radical (unpaired) electrons. The fourth-order valence-electron chi connectivity index (χ4n) is 3.51. The van der Waals surface area contributed by atoms with Crippen LogP contribution in [0.1, 0.15) is 18.4 Å². The molecule has 0 atom stereocenters. The van der Waals surface area contributed by atoms with Gasteiger partial charge in [-0.1, -0.05) is 29.5 Å². The lowest BCUT2D eigenvalue weighted by molar-refractivity contribution is -0.113. The van der Waals surface area contributed by atoms with Gasteiger partial charge in [-0.25, -0.2) is 8.42 Å². The number of carbonyl (C=O) groups excluding carboxylic acids is 1. The molecule has 1 fully saturated rings. The molecule has 0 bridgehead atoms. The highest BCUT2D eigenvalue weighted by atomic mass is 32.2. The molecule has 1 N–H and O–H groups in total. The molecule has 1 aliphatic rings. The second-order valence-electron chi connectivity index (χ2n) is 7.78. The Morgan fingerprint density at radius 1 is 1.03 bits per heavy atom. The van der Waals surface area contributed by atoms with Gasteiger partial charge in [0, 0.05) is 25.0 Å². The van der Waals surface area contributed by atoms with Crippen molar-refractivity contribution in [3.8, 4) is 5.69 Å². The number of nitrogens with zero attached hydrogens (tertiary/aromatic N) is 4. The average molecular weight is 472 g/mol. The molecule has 4 rings (SSSR count). The van der Waals surface area contributed by atoms with E-state index >= 15 is 0 Å². The van der Waals surface area contributed by atoms with Crippen molar-refractivity contribution in [1.29, 1.82) is 0 Å². The topological polar surface area (TPSA) is 97.2 Å². The predicted molar refractivity (Wildman–Crippen MR) is 126 cm³/mol.